The van der Waals surface area contributed by atoms with Crippen molar-refractivity contribution in [1.82, 2.24) is 20.2 Å². The van der Waals surface area contributed by atoms with Gasteiger partial charge in [-0.05, 0) is 12.8 Å². The van der Waals surface area contributed by atoms with Crippen molar-refractivity contribution < 1.29 is 8.78 Å². The molecule has 0 radical (unpaired) electrons. The third-order valence-electron chi connectivity index (χ3n) is 3.42. The number of hydrogen-bond acceptors (Lipinski definition) is 5. The van der Waals surface area contributed by atoms with E-state index in [-0.39, 0.29) is 12.5 Å². The number of hydrogen-bond donors (Lipinski definition) is 2. The Hall–Kier alpha value is -1.99. The van der Waals surface area contributed by atoms with Gasteiger partial charge in [0.05, 0.1) is 11.6 Å². The van der Waals surface area contributed by atoms with Gasteiger partial charge < -0.3 is 10.6 Å². The topological polar surface area (TPSA) is 83.7 Å². The lowest BCUT2D eigenvalue weighted by Gasteiger charge is -2.33. The van der Waals surface area contributed by atoms with Crippen molar-refractivity contribution in [2.75, 3.05) is 23.7 Å². The number of rotatable bonds is 2. The van der Waals surface area contributed by atoms with Crippen molar-refractivity contribution in [1.29, 1.82) is 0 Å². The summed E-state index contributed by atoms with van der Waals surface area (Å²) in [6, 6.07) is 0. The number of aromatic nitrogens is 4. The Morgan fingerprint density at radius 1 is 1.42 bits per heavy atom. The number of fused-ring (bicyclic) bond motifs is 1. The zero-order valence-electron chi connectivity index (χ0n) is 10.2. The third kappa shape index (κ3) is 2.18. The van der Waals surface area contributed by atoms with Crippen molar-refractivity contribution in [2.24, 2.45) is 5.92 Å². The van der Waals surface area contributed by atoms with Crippen LogP contribution in [0.4, 0.5) is 20.5 Å². The average Bonchev–Trinajstić information content (AvgIpc) is 2.85. The number of alkyl halides is 2. The molecular formula is C11H14F2N6. The van der Waals surface area contributed by atoms with Gasteiger partial charge in [-0.1, -0.05) is 0 Å². The SMILES string of the molecule is Nc1nc(N2CCCC(C(F)F)C2)c2cn[nH]c2n1. The van der Waals surface area contributed by atoms with Crippen LogP contribution in [0.25, 0.3) is 11.0 Å². The Balaban J connectivity index is 1.97. The molecule has 8 heteroatoms. The summed E-state index contributed by atoms with van der Waals surface area (Å²) >= 11 is 0. The normalized spacial score (nSPS) is 20.4. The minimum Gasteiger partial charge on any atom is -0.368 e. The van der Waals surface area contributed by atoms with E-state index < -0.39 is 12.3 Å². The maximum absolute atomic E-state index is 12.8. The van der Waals surface area contributed by atoms with Crippen molar-refractivity contribution in [2.45, 2.75) is 19.3 Å². The Labute approximate surface area is 108 Å². The summed E-state index contributed by atoms with van der Waals surface area (Å²) in [7, 11) is 0. The molecule has 102 valence electrons. The van der Waals surface area contributed by atoms with Crippen LogP contribution in [-0.4, -0.2) is 39.7 Å². The molecule has 1 aliphatic heterocycles. The highest BCUT2D eigenvalue weighted by molar-refractivity contribution is 5.87. The van der Waals surface area contributed by atoms with Gasteiger partial charge in [0, 0.05) is 19.0 Å². The van der Waals surface area contributed by atoms with Gasteiger partial charge in [-0.3, -0.25) is 5.10 Å². The van der Waals surface area contributed by atoms with Gasteiger partial charge in [0.1, 0.15) is 5.82 Å². The molecule has 0 spiro atoms. The summed E-state index contributed by atoms with van der Waals surface area (Å²) in [4.78, 5) is 10.0. The largest absolute Gasteiger partial charge is 0.368 e. The van der Waals surface area contributed by atoms with Crippen molar-refractivity contribution in [3.8, 4) is 0 Å². The molecule has 2 aromatic rings. The molecule has 1 fully saturated rings. The highest BCUT2D eigenvalue weighted by atomic mass is 19.3. The van der Waals surface area contributed by atoms with Crippen molar-refractivity contribution >= 4 is 22.8 Å². The van der Waals surface area contributed by atoms with Gasteiger partial charge in [0.25, 0.3) is 0 Å². The number of H-pyrrole nitrogens is 1. The lowest BCUT2D eigenvalue weighted by Crippen LogP contribution is -2.38. The first-order valence-corrected chi connectivity index (χ1v) is 6.15. The Morgan fingerprint density at radius 2 is 2.26 bits per heavy atom. The number of nitrogens with two attached hydrogens (primary N) is 1. The summed E-state index contributed by atoms with van der Waals surface area (Å²) < 4.78 is 25.7. The first kappa shape index (κ1) is 12.1. The van der Waals surface area contributed by atoms with E-state index in [1.165, 1.54) is 0 Å². The number of nitrogen functional groups attached to an aromatic ring is 1. The highest BCUT2D eigenvalue weighted by Crippen LogP contribution is 2.29. The second-order valence-corrected chi connectivity index (χ2v) is 4.72. The first-order chi connectivity index (χ1) is 9.15. The number of nitrogens with zero attached hydrogens (tertiary/aromatic N) is 4. The third-order valence-corrected chi connectivity index (χ3v) is 3.42. The van der Waals surface area contributed by atoms with Gasteiger partial charge in [0.2, 0.25) is 12.4 Å². The van der Waals surface area contributed by atoms with E-state index in [0.29, 0.717) is 29.8 Å². The van der Waals surface area contributed by atoms with E-state index in [0.717, 1.165) is 6.42 Å². The molecule has 6 nitrogen and oxygen atoms in total. The van der Waals surface area contributed by atoms with Crippen LogP contribution in [0.2, 0.25) is 0 Å². The molecular weight excluding hydrogens is 254 g/mol. The molecule has 2 aromatic heterocycles. The summed E-state index contributed by atoms with van der Waals surface area (Å²) in [5.74, 6) is 0.0828. The van der Waals surface area contributed by atoms with E-state index in [9.17, 15) is 8.78 Å². The molecule has 0 bridgehead atoms. The van der Waals surface area contributed by atoms with E-state index in [1.807, 2.05) is 4.90 Å². The van der Waals surface area contributed by atoms with Crippen LogP contribution in [0.3, 0.4) is 0 Å². The van der Waals surface area contributed by atoms with Crippen LogP contribution >= 0.6 is 0 Å². The average molecular weight is 268 g/mol. The monoisotopic (exact) mass is 268 g/mol. The zero-order valence-corrected chi connectivity index (χ0v) is 10.2. The second kappa shape index (κ2) is 4.60. The lowest BCUT2D eigenvalue weighted by atomic mass is 9.98. The van der Waals surface area contributed by atoms with E-state index in [1.54, 1.807) is 6.20 Å². The van der Waals surface area contributed by atoms with E-state index >= 15 is 0 Å². The smallest absolute Gasteiger partial charge is 0.243 e. The molecule has 1 aliphatic rings. The molecule has 1 unspecified atom stereocenters. The minimum absolute atomic E-state index is 0.117. The second-order valence-electron chi connectivity index (χ2n) is 4.72. The highest BCUT2D eigenvalue weighted by Gasteiger charge is 2.28. The van der Waals surface area contributed by atoms with Gasteiger partial charge in [-0.15, -0.1) is 0 Å². The maximum atomic E-state index is 12.8. The summed E-state index contributed by atoms with van der Waals surface area (Å²) in [6.07, 6.45) is 0.555. The number of halogens is 2. The van der Waals surface area contributed by atoms with Crippen molar-refractivity contribution in [3.05, 3.63) is 6.20 Å². The molecule has 1 atom stereocenters. The van der Waals surface area contributed by atoms with E-state index in [2.05, 4.69) is 20.2 Å². The molecule has 1 saturated heterocycles. The fraction of sp³-hybridized carbons (Fsp3) is 0.545. The molecule has 0 saturated carbocycles. The molecule has 3 heterocycles. The Kier molecular flexibility index (Phi) is 2.92. The Bertz CT molecular complexity index is 584. The maximum Gasteiger partial charge on any atom is 0.243 e. The first-order valence-electron chi connectivity index (χ1n) is 6.15. The number of anilines is 2. The zero-order chi connectivity index (χ0) is 13.4. The fourth-order valence-corrected chi connectivity index (χ4v) is 2.49. The molecule has 0 aliphatic carbocycles. The quantitative estimate of drug-likeness (QED) is 0.860. The van der Waals surface area contributed by atoms with Gasteiger partial charge in [-0.2, -0.15) is 15.1 Å². The summed E-state index contributed by atoms with van der Waals surface area (Å²) in [6.45, 7) is 0.981. The van der Waals surface area contributed by atoms with Crippen LogP contribution < -0.4 is 10.6 Å². The summed E-state index contributed by atoms with van der Waals surface area (Å²) in [5.41, 5.74) is 6.17. The fourth-order valence-electron chi connectivity index (χ4n) is 2.49. The number of nitrogens with one attached hydrogen (secondary N) is 1. The predicted octanol–water partition coefficient (Wildman–Crippen LogP) is 1.42. The predicted molar refractivity (Wildman–Crippen MR) is 67.0 cm³/mol. The van der Waals surface area contributed by atoms with Crippen LogP contribution in [0.1, 0.15) is 12.8 Å². The lowest BCUT2D eigenvalue weighted by molar-refractivity contribution is 0.0686. The molecule has 3 N–H and O–H groups in total. The molecule has 3 rings (SSSR count). The van der Waals surface area contributed by atoms with E-state index in [4.69, 9.17) is 5.73 Å². The van der Waals surface area contributed by atoms with Crippen molar-refractivity contribution in [3.63, 3.8) is 0 Å². The van der Waals surface area contributed by atoms with Gasteiger partial charge in [0.15, 0.2) is 5.65 Å². The number of aromatic amines is 1. The Morgan fingerprint density at radius 3 is 3.05 bits per heavy atom. The van der Waals surface area contributed by atoms with Crippen LogP contribution in [0.5, 0.6) is 0 Å². The minimum atomic E-state index is -2.30. The van der Waals surface area contributed by atoms with Crippen LogP contribution in [-0.2, 0) is 0 Å². The number of piperidine rings is 1. The van der Waals surface area contributed by atoms with Gasteiger partial charge in [-0.25, -0.2) is 8.78 Å². The van der Waals surface area contributed by atoms with Crippen LogP contribution in [0, 0.1) is 5.92 Å². The summed E-state index contributed by atoms with van der Waals surface area (Å²) in [5, 5.41) is 7.32. The molecule has 19 heavy (non-hydrogen) atoms. The molecule has 0 amide bonds. The van der Waals surface area contributed by atoms with Crippen LogP contribution in [0.15, 0.2) is 6.20 Å². The molecule has 0 aromatic carbocycles. The standard InChI is InChI=1S/C11H14F2N6/c12-8(13)6-2-1-3-19(5-6)10-7-4-15-18-9(7)16-11(14)17-10/h4,6,8H,1-3,5H2,(H3,14,15,16,17,18). The van der Waals surface area contributed by atoms with Gasteiger partial charge >= 0.3 is 0 Å².